The van der Waals surface area contributed by atoms with Gasteiger partial charge in [-0.1, -0.05) is 31.6 Å². The van der Waals surface area contributed by atoms with Crippen LogP contribution in [0.1, 0.15) is 57.1 Å². The molecule has 34 heavy (non-hydrogen) atoms. The smallest absolute Gasteiger partial charge is 0.318 e. The van der Waals surface area contributed by atoms with Gasteiger partial charge in [-0.25, -0.2) is 4.39 Å². The van der Waals surface area contributed by atoms with E-state index < -0.39 is 0 Å². The van der Waals surface area contributed by atoms with Gasteiger partial charge in [-0.3, -0.25) is 4.79 Å². The van der Waals surface area contributed by atoms with Crippen LogP contribution in [-0.2, 0) is 11.2 Å². The number of rotatable bonds is 8. The van der Waals surface area contributed by atoms with Crippen LogP contribution in [0.4, 0.5) is 10.4 Å². The SMILES string of the molecule is C=C(/C=C(/CC)N(C)CC(C)=O)c1ccc(F)c(C)c1.CCc1nnc(N2CCC#CCC2)o1. The minimum atomic E-state index is -0.213. The maximum atomic E-state index is 13.3. The maximum Gasteiger partial charge on any atom is 0.318 e. The first-order valence-corrected chi connectivity index (χ1v) is 11.6. The average Bonchev–Trinajstić information content (AvgIpc) is 3.13. The minimum absolute atomic E-state index is 0.120. The number of hydrogen-bond donors (Lipinski definition) is 0. The molecular weight excluding hydrogens is 431 g/mol. The Hall–Kier alpha value is -3.40. The lowest BCUT2D eigenvalue weighted by Crippen LogP contribution is -2.24. The second-order valence-electron chi connectivity index (χ2n) is 8.21. The highest BCUT2D eigenvalue weighted by atomic mass is 19.1. The number of carbonyl (C=O) groups excluding carboxylic acids is 1. The summed E-state index contributed by atoms with van der Waals surface area (Å²) in [5, 5.41) is 7.95. The molecule has 6 nitrogen and oxygen atoms in total. The number of likely N-dealkylation sites (N-methyl/N-ethyl adjacent to an activating group) is 1. The number of allylic oxidation sites excluding steroid dienone is 3. The van der Waals surface area contributed by atoms with Crippen molar-refractivity contribution in [2.24, 2.45) is 0 Å². The Labute approximate surface area is 202 Å². The van der Waals surface area contributed by atoms with E-state index in [2.05, 4.69) is 33.5 Å². The zero-order valence-corrected chi connectivity index (χ0v) is 20.9. The molecule has 2 heterocycles. The van der Waals surface area contributed by atoms with Crippen LogP contribution in [0.25, 0.3) is 5.57 Å². The molecular formula is C27H35FN4O2. The Bertz CT molecular complexity index is 1070. The van der Waals surface area contributed by atoms with Crippen LogP contribution >= 0.6 is 0 Å². The molecule has 0 radical (unpaired) electrons. The second kappa shape index (κ2) is 13.3. The van der Waals surface area contributed by atoms with Crippen molar-refractivity contribution in [3.63, 3.8) is 0 Å². The molecule has 1 aromatic heterocycles. The van der Waals surface area contributed by atoms with Crippen LogP contribution in [0.15, 0.2) is 41.0 Å². The monoisotopic (exact) mass is 466 g/mol. The molecule has 1 aliphatic rings. The summed E-state index contributed by atoms with van der Waals surface area (Å²) in [6.45, 7) is 13.5. The molecule has 3 rings (SSSR count). The van der Waals surface area contributed by atoms with Gasteiger partial charge in [0.2, 0.25) is 5.89 Å². The van der Waals surface area contributed by atoms with Crippen molar-refractivity contribution in [2.45, 2.75) is 53.4 Å². The normalized spacial score (nSPS) is 13.2. The van der Waals surface area contributed by atoms with E-state index in [0.717, 1.165) is 55.6 Å². The van der Waals surface area contributed by atoms with E-state index >= 15 is 0 Å². The molecule has 182 valence electrons. The summed E-state index contributed by atoms with van der Waals surface area (Å²) in [7, 11) is 1.89. The summed E-state index contributed by atoms with van der Waals surface area (Å²) in [6.07, 6.45) is 5.31. The molecule has 0 N–H and O–H groups in total. The summed E-state index contributed by atoms with van der Waals surface area (Å²) in [5.41, 5.74) is 3.35. The van der Waals surface area contributed by atoms with E-state index in [1.54, 1.807) is 26.0 Å². The summed E-state index contributed by atoms with van der Waals surface area (Å²) in [4.78, 5) is 15.2. The van der Waals surface area contributed by atoms with E-state index in [1.807, 2.05) is 31.9 Å². The highest BCUT2D eigenvalue weighted by Gasteiger charge is 2.13. The first kappa shape index (κ1) is 26.8. The second-order valence-corrected chi connectivity index (χ2v) is 8.21. The number of carbonyl (C=O) groups is 1. The van der Waals surface area contributed by atoms with Gasteiger partial charge < -0.3 is 14.2 Å². The van der Waals surface area contributed by atoms with Crippen LogP contribution in [-0.4, -0.2) is 47.6 Å². The number of aryl methyl sites for hydroxylation is 2. The largest absolute Gasteiger partial charge is 0.408 e. The molecule has 0 spiro atoms. The molecule has 0 amide bonds. The number of nitrogens with zero attached hydrogens (tertiary/aromatic N) is 4. The number of ketones is 1. The fraction of sp³-hybridized carbons (Fsp3) is 0.444. The van der Waals surface area contributed by atoms with Crippen molar-refractivity contribution in [1.29, 1.82) is 0 Å². The summed E-state index contributed by atoms with van der Waals surface area (Å²) < 4.78 is 18.7. The fourth-order valence-electron chi connectivity index (χ4n) is 3.42. The first-order chi connectivity index (χ1) is 16.2. The van der Waals surface area contributed by atoms with E-state index in [0.29, 0.717) is 24.0 Å². The molecule has 0 saturated heterocycles. The van der Waals surface area contributed by atoms with Gasteiger partial charge in [0, 0.05) is 45.1 Å². The van der Waals surface area contributed by atoms with Gasteiger partial charge in [0.15, 0.2) is 0 Å². The van der Waals surface area contributed by atoms with Gasteiger partial charge in [0.1, 0.15) is 11.6 Å². The zero-order valence-electron chi connectivity index (χ0n) is 20.9. The Morgan fingerprint density at radius 2 is 1.94 bits per heavy atom. The van der Waals surface area contributed by atoms with Crippen molar-refractivity contribution < 1.29 is 13.6 Å². The number of aromatic nitrogens is 2. The maximum absolute atomic E-state index is 13.3. The molecule has 7 heteroatoms. The molecule has 2 aromatic rings. The lowest BCUT2D eigenvalue weighted by Gasteiger charge is -2.21. The van der Waals surface area contributed by atoms with Crippen molar-refractivity contribution in [3.05, 3.63) is 59.4 Å². The van der Waals surface area contributed by atoms with Crippen LogP contribution in [0.5, 0.6) is 0 Å². The highest BCUT2D eigenvalue weighted by molar-refractivity contribution is 5.78. The van der Waals surface area contributed by atoms with Crippen molar-refractivity contribution >= 4 is 17.4 Å². The Morgan fingerprint density at radius 3 is 2.47 bits per heavy atom. The van der Waals surface area contributed by atoms with Gasteiger partial charge in [-0.15, -0.1) is 16.9 Å². The van der Waals surface area contributed by atoms with Crippen LogP contribution < -0.4 is 4.90 Å². The van der Waals surface area contributed by atoms with Gasteiger partial charge in [0.05, 0.1) is 6.54 Å². The van der Waals surface area contributed by atoms with Gasteiger partial charge >= 0.3 is 6.01 Å². The number of Topliss-reactive ketones (excluding diaryl/α,β-unsaturated/α-hetero) is 1. The standard InChI is InChI=1S/C17H22FNO.C10H13N3O/c1-6-16(19(5)11-14(4)20)10-12(2)15-7-8-17(18)13(3)9-15;1-2-9-11-12-10(14-9)13-7-5-3-4-6-8-13/h7-10H,2,6,11H2,1,3-5H3;2,5-8H2,1H3/b16-10-;. The predicted molar refractivity (Wildman–Crippen MR) is 135 cm³/mol. The third kappa shape index (κ3) is 8.18. The minimum Gasteiger partial charge on any atom is -0.408 e. The molecule has 0 unspecified atom stereocenters. The Balaban J connectivity index is 0.000000254. The number of halogens is 1. The van der Waals surface area contributed by atoms with Crippen molar-refractivity contribution in [3.8, 4) is 11.8 Å². The third-order valence-corrected chi connectivity index (χ3v) is 5.35. The van der Waals surface area contributed by atoms with Crippen LogP contribution in [0.2, 0.25) is 0 Å². The molecule has 0 fully saturated rings. The molecule has 1 aliphatic heterocycles. The van der Waals surface area contributed by atoms with E-state index in [9.17, 15) is 9.18 Å². The van der Waals surface area contributed by atoms with Gasteiger partial charge in [0.25, 0.3) is 0 Å². The summed E-state index contributed by atoms with van der Waals surface area (Å²) in [5.74, 6) is 6.78. The van der Waals surface area contributed by atoms with Crippen LogP contribution in [0.3, 0.4) is 0 Å². The van der Waals surface area contributed by atoms with Gasteiger partial charge in [-0.05, 0) is 55.2 Å². The molecule has 0 aliphatic carbocycles. The lowest BCUT2D eigenvalue weighted by atomic mass is 10.0. The number of hydrogen-bond acceptors (Lipinski definition) is 6. The molecule has 1 aromatic carbocycles. The van der Waals surface area contributed by atoms with E-state index in [4.69, 9.17) is 4.42 Å². The lowest BCUT2D eigenvalue weighted by molar-refractivity contribution is -0.117. The van der Waals surface area contributed by atoms with Gasteiger partial charge in [-0.2, -0.15) is 0 Å². The highest BCUT2D eigenvalue weighted by Crippen LogP contribution is 2.20. The fourth-order valence-corrected chi connectivity index (χ4v) is 3.42. The van der Waals surface area contributed by atoms with E-state index in [1.165, 1.54) is 6.07 Å². The van der Waals surface area contributed by atoms with Crippen molar-refractivity contribution in [1.82, 2.24) is 15.1 Å². The quantitative estimate of drug-likeness (QED) is 0.394. The molecule has 0 saturated carbocycles. The predicted octanol–water partition coefficient (Wildman–Crippen LogP) is 5.20. The third-order valence-electron chi connectivity index (χ3n) is 5.35. The average molecular weight is 467 g/mol. The zero-order chi connectivity index (χ0) is 25.1. The first-order valence-electron chi connectivity index (χ1n) is 11.6. The summed E-state index contributed by atoms with van der Waals surface area (Å²) >= 11 is 0. The Kier molecular flexibility index (Phi) is 10.5. The number of anilines is 1. The summed E-state index contributed by atoms with van der Waals surface area (Å²) in [6, 6.07) is 5.59. The van der Waals surface area contributed by atoms with E-state index in [-0.39, 0.29) is 11.6 Å². The topological polar surface area (TPSA) is 62.5 Å². The number of benzene rings is 1. The Morgan fingerprint density at radius 1 is 1.26 bits per heavy atom. The van der Waals surface area contributed by atoms with Crippen LogP contribution in [0, 0.1) is 24.6 Å². The molecule has 0 bridgehead atoms. The van der Waals surface area contributed by atoms with Crippen molar-refractivity contribution in [2.75, 3.05) is 31.6 Å². The molecule has 0 atom stereocenters.